The number of benzene rings is 1. The van der Waals surface area contributed by atoms with E-state index in [0.29, 0.717) is 17.9 Å². The van der Waals surface area contributed by atoms with Crippen LogP contribution in [-0.2, 0) is 12.7 Å². The van der Waals surface area contributed by atoms with Crippen LogP contribution in [0, 0.1) is 17.7 Å². The van der Waals surface area contributed by atoms with Gasteiger partial charge < -0.3 is 5.32 Å². The lowest BCUT2D eigenvalue weighted by atomic mass is 9.80. The van der Waals surface area contributed by atoms with Gasteiger partial charge in [0, 0.05) is 6.54 Å². The van der Waals surface area contributed by atoms with Gasteiger partial charge in [-0.25, -0.2) is 4.39 Å². The Morgan fingerprint density at radius 1 is 1.19 bits per heavy atom. The molecule has 0 aliphatic heterocycles. The van der Waals surface area contributed by atoms with Crippen LogP contribution in [0.15, 0.2) is 18.2 Å². The number of hydrogen-bond acceptors (Lipinski definition) is 1. The van der Waals surface area contributed by atoms with Crippen molar-refractivity contribution in [2.45, 2.75) is 45.3 Å². The maximum absolute atomic E-state index is 13.0. The van der Waals surface area contributed by atoms with Gasteiger partial charge in [0.1, 0.15) is 5.82 Å². The third-order valence-electron chi connectivity index (χ3n) is 4.39. The van der Waals surface area contributed by atoms with E-state index in [1.54, 1.807) is 0 Å². The van der Waals surface area contributed by atoms with E-state index in [1.165, 1.54) is 25.3 Å². The Morgan fingerprint density at radius 3 is 2.57 bits per heavy atom. The van der Waals surface area contributed by atoms with Gasteiger partial charge in [0.05, 0.1) is 5.56 Å². The fourth-order valence-corrected chi connectivity index (χ4v) is 3.06. The molecule has 21 heavy (non-hydrogen) atoms. The molecule has 5 heteroatoms. The topological polar surface area (TPSA) is 12.0 Å². The van der Waals surface area contributed by atoms with Crippen molar-refractivity contribution in [1.29, 1.82) is 0 Å². The summed E-state index contributed by atoms with van der Waals surface area (Å²) in [7, 11) is 0. The quantitative estimate of drug-likeness (QED) is 0.791. The Kier molecular flexibility index (Phi) is 5.25. The molecule has 1 aliphatic rings. The fraction of sp³-hybridized carbons (Fsp3) is 0.625. The average Bonchev–Trinajstić information content (AvgIpc) is 2.41. The molecular weight excluding hydrogens is 282 g/mol. The summed E-state index contributed by atoms with van der Waals surface area (Å²) in [6, 6.07) is 2.87. The van der Waals surface area contributed by atoms with E-state index in [1.807, 2.05) is 0 Å². The van der Waals surface area contributed by atoms with Crippen LogP contribution in [0.3, 0.4) is 0 Å². The molecular formula is C16H21F4N. The first kappa shape index (κ1) is 16.3. The molecule has 0 heterocycles. The van der Waals surface area contributed by atoms with Crippen LogP contribution in [0.25, 0.3) is 0 Å². The minimum atomic E-state index is -4.52. The van der Waals surface area contributed by atoms with Gasteiger partial charge >= 0.3 is 6.18 Å². The van der Waals surface area contributed by atoms with Gasteiger partial charge in [-0.2, -0.15) is 13.2 Å². The molecule has 2 atom stereocenters. The van der Waals surface area contributed by atoms with Crippen molar-refractivity contribution in [3.05, 3.63) is 35.1 Å². The zero-order valence-corrected chi connectivity index (χ0v) is 12.1. The highest BCUT2D eigenvalue weighted by Crippen LogP contribution is 2.33. The Balaban J connectivity index is 1.97. The normalized spacial score (nSPS) is 23.3. The largest absolute Gasteiger partial charge is 0.416 e. The maximum atomic E-state index is 13.0. The molecule has 1 N–H and O–H groups in total. The summed E-state index contributed by atoms with van der Waals surface area (Å²) in [4.78, 5) is 0. The summed E-state index contributed by atoms with van der Waals surface area (Å²) in [5.41, 5.74) is -0.779. The van der Waals surface area contributed by atoms with Crippen LogP contribution in [0.1, 0.15) is 43.7 Å². The standard InChI is InChI=1S/C16H21F4N/c1-11-4-2-3-5-12(11)9-21-10-13-6-7-14(17)8-15(13)16(18,19)20/h6-8,11-12,21H,2-5,9-10H2,1H3. The lowest BCUT2D eigenvalue weighted by Crippen LogP contribution is -2.29. The van der Waals surface area contributed by atoms with E-state index >= 15 is 0 Å². The summed E-state index contributed by atoms with van der Waals surface area (Å²) in [6.07, 6.45) is 0.243. The van der Waals surface area contributed by atoms with Crippen molar-refractivity contribution in [3.8, 4) is 0 Å². The summed E-state index contributed by atoms with van der Waals surface area (Å²) in [5.74, 6) is 0.280. The maximum Gasteiger partial charge on any atom is 0.416 e. The predicted octanol–water partition coefficient (Wildman–Crippen LogP) is 4.76. The molecule has 0 aromatic heterocycles. The van der Waals surface area contributed by atoms with Gasteiger partial charge in [0.2, 0.25) is 0 Å². The molecule has 0 amide bonds. The Labute approximate surface area is 122 Å². The number of alkyl halides is 3. The molecule has 0 bridgehead atoms. The molecule has 1 saturated carbocycles. The van der Waals surface area contributed by atoms with Crippen LogP contribution in [0.4, 0.5) is 17.6 Å². The second-order valence-corrected chi connectivity index (χ2v) is 5.95. The number of rotatable bonds is 4. The molecule has 1 nitrogen and oxygen atoms in total. The molecule has 1 aromatic carbocycles. The monoisotopic (exact) mass is 303 g/mol. The van der Waals surface area contributed by atoms with Gasteiger partial charge in [0.25, 0.3) is 0 Å². The van der Waals surface area contributed by atoms with E-state index < -0.39 is 17.6 Å². The van der Waals surface area contributed by atoms with Crippen molar-refractivity contribution in [2.24, 2.45) is 11.8 Å². The van der Waals surface area contributed by atoms with Gasteiger partial charge in [0.15, 0.2) is 0 Å². The summed E-state index contributed by atoms with van der Waals surface area (Å²) < 4.78 is 51.7. The third kappa shape index (κ3) is 4.43. The van der Waals surface area contributed by atoms with Gasteiger partial charge in [-0.05, 0) is 42.5 Å². The van der Waals surface area contributed by atoms with Gasteiger partial charge in [-0.1, -0.05) is 32.3 Å². The van der Waals surface area contributed by atoms with Gasteiger partial charge in [-0.15, -0.1) is 0 Å². The van der Waals surface area contributed by atoms with Crippen molar-refractivity contribution >= 4 is 0 Å². The van der Waals surface area contributed by atoms with Crippen LogP contribution in [0.5, 0.6) is 0 Å². The zero-order valence-electron chi connectivity index (χ0n) is 12.1. The third-order valence-corrected chi connectivity index (χ3v) is 4.39. The van der Waals surface area contributed by atoms with E-state index in [9.17, 15) is 17.6 Å². The highest BCUT2D eigenvalue weighted by Gasteiger charge is 2.33. The first-order valence-electron chi connectivity index (χ1n) is 7.44. The minimum absolute atomic E-state index is 0.104. The van der Waals surface area contributed by atoms with Crippen molar-refractivity contribution in [1.82, 2.24) is 5.32 Å². The van der Waals surface area contributed by atoms with E-state index in [0.717, 1.165) is 19.0 Å². The lowest BCUT2D eigenvalue weighted by Gasteiger charge is -2.29. The average molecular weight is 303 g/mol. The van der Waals surface area contributed by atoms with Crippen LogP contribution in [0.2, 0.25) is 0 Å². The first-order valence-corrected chi connectivity index (χ1v) is 7.44. The fourth-order valence-electron chi connectivity index (χ4n) is 3.06. The SMILES string of the molecule is CC1CCCCC1CNCc1ccc(F)cc1C(F)(F)F. The summed E-state index contributed by atoms with van der Waals surface area (Å²) in [5, 5.41) is 3.11. The molecule has 118 valence electrons. The first-order chi connectivity index (χ1) is 9.88. The highest BCUT2D eigenvalue weighted by molar-refractivity contribution is 5.30. The van der Waals surface area contributed by atoms with E-state index in [4.69, 9.17) is 0 Å². The van der Waals surface area contributed by atoms with Crippen LogP contribution in [-0.4, -0.2) is 6.54 Å². The molecule has 1 aliphatic carbocycles. The van der Waals surface area contributed by atoms with Crippen LogP contribution >= 0.6 is 0 Å². The highest BCUT2D eigenvalue weighted by atomic mass is 19.4. The Morgan fingerprint density at radius 2 is 1.90 bits per heavy atom. The molecule has 0 saturated heterocycles. The number of halogens is 4. The molecule has 1 fully saturated rings. The van der Waals surface area contributed by atoms with Gasteiger partial charge in [-0.3, -0.25) is 0 Å². The van der Waals surface area contributed by atoms with E-state index in [2.05, 4.69) is 12.2 Å². The van der Waals surface area contributed by atoms with Crippen molar-refractivity contribution in [2.75, 3.05) is 6.54 Å². The Hall–Kier alpha value is -1.10. The molecule has 2 rings (SSSR count). The van der Waals surface area contributed by atoms with Crippen molar-refractivity contribution < 1.29 is 17.6 Å². The number of nitrogens with one attached hydrogen (secondary N) is 1. The Bertz CT molecular complexity index is 470. The second-order valence-electron chi connectivity index (χ2n) is 5.95. The minimum Gasteiger partial charge on any atom is -0.312 e. The summed E-state index contributed by atoms with van der Waals surface area (Å²) in [6.45, 7) is 3.04. The molecule has 0 spiro atoms. The zero-order chi connectivity index (χ0) is 15.5. The number of hydrogen-bond donors (Lipinski definition) is 1. The van der Waals surface area contributed by atoms with Crippen molar-refractivity contribution in [3.63, 3.8) is 0 Å². The van der Waals surface area contributed by atoms with Crippen LogP contribution < -0.4 is 5.32 Å². The molecule has 0 radical (unpaired) electrons. The molecule has 2 unspecified atom stereocenters. The predicted molar refractivity (Wildman–Crippen MR) is 74.2 cm³/mol. The lowest BCUT2D eigenvalue weighted by molar-refractivity contribution is -0.138. The smallest absolute Gasteiger partial charge is 0.312 e. The second kappa shape index (κ2) is 6.77. The molecule has 1 aromatic rings. The summed E-state index contributed by atoms with van der Waals surface area (Å²) >= 11 is 0. The van der Waals surface area contributed by atoms with E-state index in [-0.39, 0.29) is 12.1 Å².